The molecular formula is C17H23N3O4S3. The van der Waals surface area contributed by atoms with Gasteiger partial charge in [-0.2, -0.15) is 0 Å². The van der Waals surface area contributed by atoms with Gasteiger partial charge in [0.05, 0.1) is 11.4 Å². The summed E-state index contributed by atoms with van der Waals surface area (Å²) >= 11 is 2.42. The molecule has 0 fully saturated rings. The van der Waals surface area contributed by atoms with Crippen molar-refractivity contribution >= 4 is 44.5 Å². The van der Waals surface area contributed by atoms with Crippen LogP contribution in [0.3, 0.4) is 0 Å². The molecule has 0 aromatic carbocycles. The first-order valence-corrected chi connectivity index (χ1v) is 11.4. The maximum Gasteiger partial charge on any atom is 0.262 e. The van der Waals surface area contributed by atoms with Gasteiger partial charge >= 0.3 is 0 Å². The lowest BCUT2D eigenvalue weighted by Gasteiger charge is -2.21. The minimum absolute atomic E-state index is 0.0954. The third kappa shape index (κ3) is 5.38. The molecule has 2 heterocycles. The molecule has 2 N–H and O–H groups in total. The molecule has 0 aliphatic carbocycles. The SMILES string of the molecule is CC(C)C(NC(=O)c1cccs1)C(=O)NCc1ccc(S(=O)(=O)N(C)C)s1. The predicted octanol–water partition coefficient (Wildman–Crippen LogP) is 2.13. The van der Waals surface area contributed by atoms with E-state index in [4.69, 9.17) is 0 Å². The van der Waals surface area contributed by atoms with Gasteiger partial charge in [0.1, 0.15) is 10.3 Å². The summed E-state index contributed by atoms with van der Waals surface area (Å²) in [7, 11) is -0.538. The number of rotatable bonds is 8. The Bertz CT molecular complexity index is 886. The zero-order valence-corrected chi connectivity index (χ0v) is 18.0. The van der Waals surface area contributed by atoms with Gasteiger partial charge in [-0.05, 0) is 29.5 Å². The molecule has 1 atom stereocenters. The van der Waals surface area contributed by atoms with Crippen molar-refractivity contribution in [2.24, 2.45) is 5.92 Å². The van der Waals surface area contributed by atoms with Gasteiger partial charge in [-0.3, -0.25) is 9.59 Å². The Kier molecular flexibility index (Phi) is 7.15. The van der Waals surface area contributed by atoms with Gasteiger partial charge in [-0.1, -0.05) is 19.9 Å². The summed E-state index contributed by atoms with van der Waals surface area (Å²) in [4.78, 5) is 26.0. The second-order valence-corrected chi connectivity index (χ2v) is 10.9. The molecule has 0 spiro atoms. The maximum atomic E-state index is 12.5. The fourth-order valence-corrected chi connectivity index (χ4v) is 5.30. The summed E-state index contributed by atoms with van der Waals surface area (Å²) in [5.74, 6) is -0.684. The van der Waals surface area contributed by atoms with E-state index in [2.05, 4.69) is 10.6 Å². The van der Waals surface area contributed by atoms with Gasteiger partial charge in [0, 0.05) is 19.0 Å². The Morgan fingerprint density at radius 3 is 2.44 bits per heavy atom. The quantitative estimate of drug-likeness (QED) is 0.672. The predicted molar refractivity (Wildman–Crippen MR) is 107 cm³/mol. The number of hydrogen-bond acceptors (Lipinski definition) is 6. The van der Waals surface area contributed by atoms with E-state index in [-0.39, 0.29) is 28.5 Å². The summed E-state index contributed by atoms with van der Waals surface area (Å²) in [6.07, 6.45) is 0. The van der Waals surface area contributed by atoms with Crippen LogP contribution in [-0.2, 0) is 21.4 Å². The molecule has 0 aliphatic heterocycles. The minimum Gasteiger partial charge on any atom is -0.349 e. The Morgan fingerprint density at radius 2 is 1.89 bits per heavy atom. The fourth-order valence-electron chi connectivity index (χ4n) is 2.21. The maximum absolute atomic E-state index is 12.5. The highest BCUT2D eigenvalue weighted by Crippen LogP contribution is 2.23. The smallest absolute Gasteiger partial charge is 0.262 e. The van der Waals surface area contributed by atoms with Crippen molar-refractivity contribution in [3.8, 4) is 0 Å². The molecular weight excluding hydrogens is 406 g/mol. The molecule has 27 heavy (non-hydrogen) atoms. The zero-order valence-electron chi connectivity index (χ0n) is 15.6. The number of carbonyl (C=O) groups excluding carboxylic acids is 2. The molecule has 2 aromatic rings. The second kappa shape index (κ2) is 8.96. The summed E-state index contributed by atoms with van der Waals surface area (Å²) in [6.45, 7) is 3.91. The first-order chi connectivity index (χ1) is 12.6. The van der Waals surface area contributed by atoms with Crippen molar-refractivity contribution < 1.29 is 18.0 Å². The Hall–Kier alpha value is -1.75. The molecule has 0 saturated heterocycles. The fraction of sp³-hybridized carbons (Fsp3) is 0.412. The van der Waals surface area contributed by atoms with Crippen LogP contribution in [0.15, 0.2) is 33.9 Å². The first-order valence-electron chi connectivity index (χ1n) is 8.26. The monoisotopic (exact) mass is 429 g/mol. The number of amides is 2. The van der Waals surface area contributed by atoms with Crippen LogP contribution in [0.25, 0.3) is 0 Å². The zero-order chi connectivity index (χ0) is 20.2. The van der Waals surface area contributed by atoms with Gasteiger partial charge in [-0.15, -0.1) is 22.7 Å². The third-order valence-corrected chi connectivity index (χ3v) is 8.03. The molecule has 2 aromatic heterocycles. The minimum atomic E-state index is -3.48. The van der Waals surface area contributed by atoms with Crippen molar-refractivity contribution in [3.05, 3.63) is 39.4 Å². The highest BCUT2D eigenvalue weighted by atomic mass is 32.2. The highest BCUT2D eigenvalue weighted by molar-refractivity contribution is 7.91. The molecule has 2 amide bonds. The number of nitrogens with zero attached hydrogens (tertiary/aromatic N) is 1. The molecule has 148 valence electrons. The van der Waals surface area contributed by atoms with E-state index in [1.807, 2.05) is 13.8 Å². The van der Waals surface area contributed by atoms with E-state index < -0.39 is 16.1 Å². The standard InChI is InChI=1S/C17H23N3O4S3/c1-11(2)15(19-16(21)13-6-5-9-25-13)17(22)18-10-12-7-8-14(26-12)27(23,24)20(3)4/h5-9,11,15H,10H2,1-4H3,(H,18,22)(H,19,21). The largest absolute Gasteiger partial charge is 0.349 e. The van der Waals surface area contributed by atoms with Crippen LogP contribution in [0.2, 0.25) is 0 Å². The molecule has 0 radical (unpaired) electrons. The van der Waals surface area contributed by atoms with E-state index >= 15 is 0 Å². The lowest BCUT2D eigenvalue weighted by Crippen LogP contribution is -2.49. The summed E-state index contributed by atoms with van der Waals surface area (Å²) < 4.78 is 25.6. The van der Waals surface area contributed by atoms with Crippen LogP contribution in [0.1, 0.15) is 28.4 Å². The molecule has 2 rings (SSSR count). The van der Waals surface area contributed by atoms with E-state index in [1.165, 1.54) is 31.5 Å². The summed E-state index contributed by atoms with van der Waals surface area (Å²) in [5.41, 5.74) is 0. The lowest BCUT2D eigenvalue weighted by atomic mass is 10.0. The molecule has 1 unspecified atom stereocenters. The lowest BCUT2D eigenvalue weighted by molar-refractivity contribution is -0.124. The van der Waals surface area contributed by atoms with Gasteiger partial charge in [0.2, 0.25) is 5.91 Å². The van der Waals surface area contributed by atoms with E-state index in [0.717, 1.165) is 20.5 Å². The van der Waals surface area contributed by atoms with Crippen molar-refractivity contribution in [3.63, 3.8) is 0 Å². The molecule has 7 nitrogen and oxygen atoms in total. The molecule has 0 bridgehead atoms. The average molecular weight is 430 g/mol. The summed E-state index contributed by atoms with van der Waals surface area (Å²) in [5, 5.41) is 7.34. The number of hydrogen-bond donors (Lipinski definition) is 2. The average Bonchev–Trinajstić information content (AvgIpc) is 3.28. The van der Waals surface area contributed by atoms with Crippen LogP contribution in [0.4, 0.5) is 0 Å². The van der Waals surface area contributed by atoms with Crippen molar-refractivity contribution in [2.75, 3.05) is 14.1 Å². The number of thiophene rings is 2. The van der Waals surface area contributed by atoms with Crippen LogP contribution >= 0.6 is 22.7 Å². The molecule has 0 saturated carbocycles. The molecule has 10 heteroatoms. The number of nitrogens with one attached hydrogen (secondary N) is 2. The van der Waals surface area contributed by atoms with Crippen LogP contribution in [-0.4, -0.2) is 44.7 Å². The number of carbonyl (C=O) groups is 2. The Labute approximate surface area is 167 Å². The van der Waals surface area contributed by atoms with Crippen LogP contribution < -0.4 is 10.6 Å². The van der Waals surface area contributed by atoms with E-state index in [1.54, 1.807) is 23.6 Å². The first kappa shape index (κ1) is 21.5. The van der Waals surface area contributed by atoms with Gasteiger partial charge < -0.3 is 10.6 Å². The van der Waals surface area contributed by atoms with Gasteiger partial charge in [0.15, 0.2) is 0 Å². The van der Waals surface area contributed by atoms with Crippen molar-refractivity contribution in [1.82, 2.24) is 14.9 Å². The van der Waals surface area contributed by atoms with Crippen LogP contribution in [0.5, 0.6) is 0 Å². The van der Waals surface area contributed by atoms with Crippen LogP contribution in [0, 0.1) is 5.92 Å². The van der Waals surface area contributed by atoms with E-state index in [0.29, 0.717) is 4.88 Å². The van der Waals surface area contributed by atoms with Crippen molar-refractivity contribution in [2.45, 2.75) is 30.6 Å². The normalized spacial score (nSPS) is 13.0. The Morgan fingerprint density at radius 1 is 1.19 bits per heavy atom. The van der Waals surface area contributed by atoms with Gasteiger partial charge in [0.25, 0.3) is 15.9 Å². The Balaban J connectivity index is 2.00. The highest BCUT2D eigenvalue weighted by Gasteiger charge is 2.25. The third-order valence-electron chi connectivity index (χ3n) is 3.79. The number of sulfonamides is 1. The van der Waals surface area contributed by atoms with Gasteiger partial charge in [-0.25, -0.2) is 12.7 Å². The second-order valence-electron chi connectivity index (χ2n) is 6.40. The van der Waals surface area contributed by atoms with E-state index in [9.17, 15) is 18.0 Å². The van der Waals surface area contributed by atoms with Crippen molar-refractivity contribution in [1.29, 1.82) is 0 Å². The summed E-state index contributed by atoms with van der Waals surface area (Å²) in [6, 6.07) is 6.01. The topological polar surface area (TPSA) is 95.6 Å². The molecule has 0 aliphatic rings.